The second-order valence-corrected chi connectivity index (χ2v) is 12.0. The highest BCUT2D eigenvalue weighted by Crippen LogP contribution is 2.35. The Labute approximate surface area is 219 Å². The minimum atomic E-state index is -4.29. The van der Waals surface area contributed by atoms with E-state index in [0.717, 1.165) is 40.6 Å². The molecule has 3 aromatic carbocycles. The molecular weight excluding hydrogens is 532 g/mol. The third-order valence-electron chi connectivity index (χ3n) is 5.22. The van der Waals surface area contributed by atoms with Gasteiger partial charge in [-0.25, -0.2) is 0 Å². The number of nitrogens with zero attached hydrogens (tertiary/aromatic N) is 2. The Morgan fingerprint density at radius 3 is 2.11 bits per heavy atom. The van der Waals surface area contributed by atoms with Gasteiger partial charge < -0.3 is 4.18 Å². The Kier molecular flexibility index (Phi) is 7.54. The summed E-state index contributed by atoms with van der Waals surface area (Å²) in [6.45, 7) is 3.73. The van der Waals surface area contributed by atoms with Crippen molar-refractivity contribution in [3.8, 4) is 11.8 Å². The molecule has 0 radical (unpaired) electrons. The maximum absolute atomic E-state index is 12.6. The molecule has 0 aromatic heterocycles. The SMILES string of the molecule is Cc1ccc(S(=O)(=O)Oc2ccc(S(=O)(=O)O/N=C3C=C/C(=C(\C#N)c4ccccc4C)S\3)cc2)cc1. The highest BCUT2D eigenvalue weighted by Gasteiger charge is 2.21. The molecule has 11 heteroatoms. The first kappa shape index (κ1) is 26.2. The lowest BCUT2D eigenvalue weighted by Gasteiger charge is -2.08. The molecule has 0 atom stereocenters. The Morgan fingerprint density at radius 1 is 0.838 bits per heavy atom. The van der Waals surface area contributed by atoms with Crippen molar-refractivity contribution >= 4 is 42.6 Å². The molecule has 0 saturated carbocycles. The van der Waals surface area contributed by atoms with Crippen LogP contribution in [0.3, 0.4) is 0 Å². The molecule has 4 rings (SSSR count). The highest BCUT2D eigenvalue weighted by molar-refractivity contribution is 8.18. The van der Waals surface area contributed by atoms with Gasteiger partial charge in [-0.1, -0.05) is 58.9 Å². The molecule has 0 unspecified atom stereocenters. The number of hydrogen-bond donors (Lipinski definition) is 0. The summed E-state index contributed by atoms with van der Waals surface area (Å²) < 4.78 is 60.0. The number of hydrogen-bond acceptors (Lipinski definition) is 9. The molecule has 0 spiro atoms. The number of thioether (sulfide) groups is 1. The van der Waals surface area contributed by atoms with Crippen molar-refractivity contribution in [3.63, 3.8) is 0 Å². The van der Waals surface area contributed by atoms with Gasteiger partial charge in [0.05, 0.1) is 5.57 Å². The van der Waals surface area contributed by atoms with Gasteiger partial charge in [-0.15, -0.1) is 0 Å². The van der Waals surface area contributed by atoms with Crippen LogP contribution in [-0.2, 0) is 24.5 Å². The number of aryl methyl sites for hydroxylation is 2. The number of rotatable bonds is 7. The third-order valence-corrected chi connectivity index (χ3v) is 8.58. The number of nitriles is 1. The van der Waals surface area contributed by atoms with E-state index in [1.54, 1.807) is 24.3 Å². The summed E-state index contributed by atoms with van der Waals surface area (Å²) in [5.74, 6) is -0.0601. The number of benzene rings is 3. The minimum absolute atomic E-state index is 0.0218. The van der Waals surface area contributed by atoms with Gasteiger partial charge in [0.2, 0.25) is 0 Å². The molecule has 188 valence electrons. The standard InChI is InChI=1S/C26H20N2O6S3/c1-18-7-11-21(12-8-18)36(29,30)33-20-9-13-22(14-10-20)37(31,32)34-28-26-16-15-25(35-26)24(17-27)23-6-4-3-5-19(23)2/h3-16H,1-2H3/b25-24-,28-26+. The van der Waals surface area contributed by atoms with E-state index in [4.69, 9.17) is 8.47 Å². The summed E-state index contributed by atoms with van der Waals surface area (Å²) in [4.78, 5) is 0.358. The molecule has 3 aromatic rings. The molecule has 1 heterocycles. The maximum atomic E-state index is 12.6. The van der Waals surface area contributed by atoms with Gasteiger partial charge in [-0.2, -0.15) is 22.1 Å². The van der Waals surface area contributed by atoms with E-state index in [1.807, 2.05) is 38.1 Å². The van der Waals surface area contributed by atoms with E-state index in [-0.39, 0.29) is 20.6 Å². The Bertz CT molecular complexity index is 1680. The topological polar surface area (TPSA) is 123 Å². The molecule has 0 amide bonds. The number of oxime groups is 1. The zero-order valence-corrected chi connectivity index (χ0v) is 22.1. The molecular formula is C26H20N2O6S3. The summed E-state index contributed by atoms with van der Waals surface area (Å²) in [5.41, 5.74) is 3.05. The van der Waals surface area contributed by atoms with Gasteiger partial charge in [0.1, 0.15) is 26.7 Å². The fourth-order valence-electron chi connectivity index (χ4n) is 3.28. The third kappa shape index (κ3) is 6.11. The molecule has 0 aliphatic carbocycles. The Morgan fingerprint density at radius 2 is 1.46 bits per heavy atom. The van der Waals surface area contributed by atoms with Crippen molar-refractivity contribution in [2.45, 2.75) is 23.6 Å². The first-order chi connectivity index (χ1) is 17.6. The normalized spacial score (nSPS) is 15.9. The predicted molar refractivity (Wildman–Crippen MR) is 142 cm³/mol. The highest BCUT2D eigenvalue weighted by atomic mass is 32.2. The van der Waals surface area contributed by atoms with Crippen LogP contribution in [0.15, 0.2) is 105 Å². The summed E-state index contributed by atoms with van der Waals surface area (Å²) in [5, 5.41) is 13.6. The van der Waals surface area contributed by atoms with Crippen LogP contribution in [0.1, 0.15) is 16.7 Å². The molecule has 37 heavy (non-hydrogen) atoms. The van der Waals surface area contributed by atoms with Gasteiger partial charge >= 0.3 is 20.2 Å². The van der Waals surface area contributed by atoms with E-state index in [2.05, 4.69) is 11.2 Å². The van der Waals surface area contributed by atoms with Crippen molar-refractivity contribution in [2.24, 2.45) is 5.16 Å². The van der Waals surface area contributed by atoms with Gasteiger partial charge in [-0.05, 0) is 73.5 Å². The smallest absolute Gasteiger partial charge is 0.358 e. The summed E-state index contributed by atoms with van der Waals surface area (Å²) >= 11 is 1.11. The van der Waals surface area contributed by atoms with Crippen molar-refractivity contribution in [2.75, 3.05) is 0 Å². The Hall–Kier alpha value is -3.85. The van der Waals surface area contributed by atoms with Crippen molar-refractivity contribution < 1.29 is 25.3 Å². The minimum Gasteiger partial charge on any atom is -0.379 e. The average molecular weight is 553 g/mol. The van der Waals surface area contributed by atoms with Crippen molar-refractivity contribution in [3.05, 3.63) is 107 Å². The average Bonchev–Trinajstić information content (AvgIpc) is 3.34. The van der Waals surface area contributed by atoms with Crippen LogP contribution >= 0.6 is 11.8 Å². The number of allylic oxidation sites excluding steroid dienone is 2. The summed E-state index contributed by atoms with van der Waals surface area (Å²) in [7, 11) is -8.37. The molecule has 0 saturated heterocycles. The van der Waals surface area contributed by atoms with E-state index in [9.17, 15) is 22.1 Å². The van der Waals surface area contributed by atoms with Crippen LogP contribution in [0.4, 0.5) is 0 Å². The van der Waals surface area contributed by atoms with Gasteiger partial charge in [0, 0.05) is 4.91 Å². The Balaban J connectivity index is 1.46. The molecule has 1 aliphatic rings. The summed E-state index contributed by atoms with van der Waals surface area (Å²) in [6.07, 6.45) is 3.23. The zero-order chi connectivity index (χ0) is 26.6. The predicted octanol–water partition coefficient (Wildman–Crippen LogP) is 5.33. The van der Waals surface area contributed by atoms with Gasteiger partial charge in [-0.3, -0.25) is 4.28 Å². The second-order valence-electron chi connectivity index (χ2n) is 7.88. The van der Waals surface area contributed by atoms with Crippen molar-refractivity contribution in [1.29, 1.82) is 5.26 Å². The molecule has 1 aliphatic heterocycles. The van der Waals surface area contributed by atoms with Crippen LogP contribution in [0, 0.1) is 25.2 Å². The zero-order valence-electron chi connectivity index (χ0n) is 19.7. The maximum Gasteiger partial charge on any atom is 0.358 e. The first-order valence-corrected chi connectivity index (χ1v) is 14.4. The van der Waals surface area contributed by atoms with E-state index in [0.29, 0.717) is 10.5 Å². The fourth-order valence-corrected chi connectivity index (χ4v) is 5.82. The van der Waals surface area contributed by atoms with E-state index >= 15 is 0 Å². The molecule has 0 N–H and O–H groups in total. The van der Waals surface area contributed by atoms with E-state index in [1.165, 1.54) is 24.3 Å². The lowest BCUT2D eigenvalue weighted by Crippen LogP contribution is -2.10. The largest absolute Gasteiger partial charge is 0.379 e. The first-order valence-electron chi connectivity index (χ1n) is 10.8. The van der Waals surface area contributed by atoms with Crippen LogP contribution < -0.4 is 4.18 Å². The lowest BCUT2D eigenvalue weighted by molar-refractivity contribution is 0.340. The fraction of sp³-hybridized carbons (Fsp3) is 0.0769. The summed E-state index contributed by atoms with van der Waals surface area (Å²) in [6, 6.07) is 20.5. The monoisotopic (exact) mass is 552 g/mol. The van der Waals surface area contributed by atoms with Crippen LogP contribution in [0.5, 0.6) is 5.75 Å². The second kappa shape index (κ2) is 10.6. The van der Waals surface area contributed by atoms with E-state index < -0.39 is 20.2 Å². The molecule has 8 nitrogen and oxygen atoms in total. The van der Waals surface area contributed by atoms with Crippen LogP contribution in [-0.4, -0.2) is 21.9 Å². The molecule has 0 fully saturated rings. The van der Waals surface area contributed by atoms with Gasteiger partial charge in [0.15, 0.2) is 0 Å². The van der Waals surface area contributed by atoms with Gasteiger partial charge in [0.25, 0.3) is 0 Å². The quantitative estimate of drug-likeness (QED) is 0.219. The lowest BCUT2D eigenvalue weighted by atomic mass is 10.0. The van der Waals surface area contributed by atoms with Crippen LogP contribution in [0.25, 0.3) is 5.57 Å². The van der Waals surface area contributed by atoms with Crippen molar-refractivity contribution in [1.82, 2.24) is 0 Å². The molecule has 0 bridgehead atoms. The van der Waals surface area contributed by atoms with Crippen LogP contribution in [0.2, 0.25) is 0 Å².